The average molecular weight is 929 g/mol. The van der Waals surface area contributed by atoms with Crippen LogP contribution < -0.4 is 9.47 Å². The van der Waals surface area contributed by atoms with Crippen LogP contribution in [0.2, 0.25) is 0 Å². The first-order valence-corrected chi connectivity index (χ1v) is 24.5. The van der Waals surface area contributed by atoms with Crippen LogP contribution in [0.15, 0.2) is 91.0 Å². The van der Waals surface area contributed by atoms with Gasteiger partial charge in [-0.15, -0.1) is 0 Å². The molecule has 0 spiro atoms. The van der Waals surface area contributed by atoms with E-state index in [0.29, 0.717) is 0 Å². The van der Waals surface area contributed by atoms with E-state index in [9.17, 15) is 0 Å². The third-order valence-electron chi connectivity index (χ3n) is 15.9. The summed E-state index contributed by atoms with van der Waals surface area (Å²) in [4.78, 5) is 0. The molecular weight excluding hydrogens is 847 g/mol. The maximum Gasteiger partial charge on any atom is 0.118 e. The molecule has 0 N–H and O–H groups in total. The zero-order chi connectivity index (χ0) is 41.8. The third-order valence-corrected chi connectivity index (χ3v) is 15.9. The van der Waals surface area contributed by atoms with Gasteiger partial charge in [-0.05, 0) is 200 Å². The Bertz CT molecular complexity index is 1940. The molecule has 1 unspecified atom stereocenters. The SMILES string of the molecule is CCCC1CCC(C2CC=C(c3ccc(-c4ccc(OC)cc4)c(C)c3)CC2)CC1.CCCC1CCC(C2CCC(c3ccc(-c4ccc(OC)cc4)c(C)c3)CC2)CC1.[CH3-].[Pd]. The summed E-state index contributed by atoms with van der Waals surface area (Å²) in [5.74, 6) is 8.59. The standard InChI is InChI=1S/C29H40O.C29H38O.CH3.Pd/c2*1-4-5-22-6-8-23(9-7-22)24-10-12-25(13-11-24)27-16-19-29(21(2)20-27)26-14-17-28(30-3)18-15-26;;/h14-20,22-25H,4-13H2,1-3H3;12,14-20,22-24H,4-11,13H2,1-3H3;1H3;/q;;-1;. The molecule has 0 radical (unpaired) electrons. The largest absolute Gasteiger partial charge is 0.497 e. The summed E-state index contributed by atoms with van der Waals surface area (Å²) >= 11 is 0. The van der Waals surface area contributed by atoms with Crippen LogP contribution in [0.5, 0.6) is 11.5 Å². The van der Waals surface area contributed by atoms with Crippen molar-refractivity contribution in [2.24, 2.45) is 35.5 Å². The van der Waals surface area contributed by atoms with E-state index >= 15 is 0 Å². The van der Waals surface area contributed by atoms with Crippen LogP contribution in [0.3, 0.4) is 0 Å². The van der Waals surface area contributed by atoms with E-state index in [1.165, 1.54) is 161 Å². The number of hydrogen-bond acceptors (Lipinski definition) is 2. The fourth-order valence-corrected chi connectivity index (χ4v) is 12.2. The van der Waals surface area contributed by atoms with E-state index < -0.39 is 0 Å². The smallest absolute Gasteiger partial charge is 0.118 e. The average Bonchev–Trinajstić information content (AvgIpc) is 3.30. The van der Waals surface area contributed by atoms with Gasteiger partial charge in [-0.25, -0.2) is 0 Å². The second-order valence-corrected chi connectivity index (χ2v) is 19.6. The maximum absolute atomic E-state index is 5.30. The molecule has 62 heavy (non-hydrogen) atoms. The second kappa shape index (κ2) is 24.8. The Labute approximate surface area is 393 Å². The van der Waals surface area contributed by atoms with Gasteiger partial charge in [-0.2, -0.15) is 0 Å². The summed E-state index contributed by atoms with van der Waals surface area (Å²) in [5.41, 5.74) is 12.5. The molecule has 0 heterocycles. The van der Waals surface area contributed by atoms with Gasteiger partial charge in [0, 0.05) is 20.4 Å². The van der Waals surface area contributed by atoms with Gasteiger partial charge in [0.2, 0.25) is 0 Å². The van der Waals surface area contributed by atoms with Gasteiger partial charge in [0.05, 0.1) is 14.2 Å². The Morgan fingerprint density at radius 3 is 1.34 bits per heavy atom. The summed E-state index contributed by atoms with van der Waals surface area (Å²) in [6, 6.07) is 31.1. The zero-order valence-electron chi connectivity index (χ0n) is 39.8. The van der Waals surface area contributed by atoms with E-state index in [0.717, 1.165) is 52.9 Å². The Morgan fingerprint density at radius 2 is 0.919 bits per heavy atom. The molecule has 8 rings (SSSR count). The molecule has 4 aliphatic carbocycles. The van der Waals surface area contributed by atoms with Crippen molar-refractivity contribution in [2.75, 3.05) is 14.2 Å². The number of benzene rings is 4. The first-order valence-electron chi connectivity index (χ1n) is 24.5. The topological polar surface area (TPSA) is 18.5 Å². The molecule has 2 nitrogen and oxygen atoms in total. The normalized spacial score (nSPS) is 24.9. The molecule has 3 saturated carbocycles. The molecule has 0 bridgehead atoms. The fraction of sp³-hybridized carbons (Fsp3) is 0.542. The Balaban J connectivity index is 0.000000227. The van der Waals surface area contributed by atoms with Crippen LogP contribution in [-0.2, 0) is 20.4 Å². The van der Waals surface area contributed by atoms with Crippen molar-refractivity contribution >= 4 is 5.57 Å². The zero-order valence-corrected chi connectivity index (χ0v) is 41.3. The third kappa shape index (κ3) is 13.0. The van der Waals surface area contributed by atoms with Gasteiger partial charge < -0.3 is 16.9 Å². The van der Waals surface area contributed by atoms with Gasteiger partial charge in [0.15, 0.2) is 0 Å². The van der Waals surface area contributed by atoms with Gasteiger partial charge in [-0.3, -0.25) is 0 Å². The minimum absolute atomic E-state index is 0. The Hall–Kier alpha value is -3.12. The van der Waals surface area contributed by atoms with Crippen LogP contribution in [0.4, 0.5) is 0 Å². The van der Waals surface area contributed by atoms with Crippen LogP contribution >= 0.6 is 0 Å². The maximum atomic E-state index is 5.30. The molecule has 0 aliphatic heterocycles. The Kier molecular flexibility index (Phi) is 20.0. The van der Waals surface area contributed by atoms with Crippen molar-refractivity contribution in [3.63, 3.8) is 0 Å². The summed E-state index contributed by atoms with van der Waals surface area (Å²) in [5, 5.41) is 0. The van der Waals surface area contributed by atoms with E-state index in [1.54, 1.807) is 25.4 Å². The molecular formula is C59H81O2Pd-. The number of aryl methyl sites for hydroxylation is 2. The molecule has 4 aliphatic rings. The molecule has 0 saturated heterocycles. The molecule has 4 aromatic carbocycles. The number of rotatable bonds is 12. The second-order valence-electron chi connectivity index (χ2n) is 19.6. The van der Waals surface area contributed by atoms with Crippen molar-refractivity contribution in [2.45, 2.75) is 156 Å². The predicted octanol–water partition coefficient (Wildman–Crippen LogP) is 17.5. The minimum Gasteiger partial charge on any atom is -0.497 e. The number of ether oxygens (including phenoxy) is 2. The summed E-state index contributed by atoms with van der Waals surface area (Å²) in [7, 11) is 3.44. The van der Waals surface area contributed by atoms with Crippen LogP contribution in [-0.4, -0.2) is 14.2 Å². The monoisotopic (exact) mass is 928 g/mol. The van der Waals surface area contributed by atoms with E-state index in [4.69, 9.17) is 9.47 Å². The van der Waals surface area contributed by atoms with E-state index in [2.05, 4.69) is 107 Å². The molecule has 340 valence electrons. The number of methoxy groups -OCH3 is 2. The first-order chi connectivity index (χ1) is 29.3. The number of allylic oxidation sites excluding steroid dienone is 2. The molecule has 0 amide bonds. The fourth-order valence-electron chi connectivity index (χ4n) is 12.2. The van der Waals surface area contributed by atoms with Crippen LogP contribution in [0.1, 0.15) is 164 Å². The van der Waals surface area contributed by atoms with E-state index in [-0.39, 0.29) is 27.8 Å². The molecule has 1 atom stereocenters. The summed E-state index contributed by atoms with van der Waals surface area (Å²) in [6.45, 7) is 9.19. The van der Waals surface area contributed by atoms with Crippen molar-refractivity contribution in [3.8, 4) is 33.8 Å². The predicted molar refractivity (Wildman–Crippen MR) is 263 cm³/mol. The van der Waals surface area contributed by atoms with Crippen molar-refractivity contribution < 1.29 is 29.9 Å². The minimum atomic E-state index is 0. The van der Waals surface area contributed by atoms with Crippen LogP contribution in [0.25, 0.3) is 27.8 Å². The first kappa shape index (κ1) is 49.9. The van der Waals surface area contributed by atoms with Gasteiger partial charge in [-0.1, -0.05) is 132 Å². The van der Waals surface area contributed by atoms with Crippen LogP contribution in [0, 0.1) is 56.8 Å². The molecule has 3 fully saturated rings. The molecule has 3 heteroatoms. The van der Waals surface area contributed by atoms with Gasteiger partial charge in [0.1, 0.15) is 11.5 Å². The van der Waals surface area contributed by atoms with Gasteiger partial charge >= 0.3 is 0 Å². The summed E-state index contributed by atoms with van der Waals surface area (Å²) in [6.07, 6.45) is 29.8. The van der Waals surface area contributed by atoms with Crippen molar-refractivity contribution in [1.29, 1.82) is 0 Å². The quantitative estimate of drug-likeness (QED) is 0.104. The summed E-state index contributed by atoms with van der Waals surface area (Å²) < 4.78 is 10.6. The molecule has 4 aromatic rings. The van der Waals surface area contributed by atoms with Gasteiger partial charge in [0.25, 0.3) is 0 Å². The molecule has 0 aromatic heterocycles. The van der Waals surface area contributed by atoms with Crippen molar-refractivity contribution in [3.05, 3.63) is 121 Å². The number of hydrogen-bond donors (Lipinski definition) is 0. The Morgan fingerprint density at radius 1 is 0.484 bits per heavy atom. The van der Waals surface area contributed by atoms with E-state index in [1.807, 2.05) is 12.1 Å². The van der Waals surface area contributed by atoms with Crippen molar-refractivity contribution in [1.82, 2.24) is 0 Å².